The maximum absolute atomic E-state index is 11.8. The van der Waals surface area contributed by atoms with Crippen LogP contribution in [0.2, 0.25) is 0 Å². The first-order chi connectivity index (χ1) is 8.97. The van der Waals surface area contributed by atoms with Gasteiger partial charge in [-0.15, -0.1) is 11.6 Å². The number of alkyl halides is 1. The van der Waals surface area contributed by atoms with Gasteiger partial charge in [-0.25, -0.2) is 4.79 Å². The van der Waals surface area contributed by atoms with Crippen molar-refractivity contribution in [3.05, 3.63) is 0 Å². The van der Waals surface area contributed by atoms with Crippen LogP contribution in [-0.4, -0.2) is 52.7 Å². The minimum atomic E-state index is -0.803. The Balaban J connectivity index is 1.83. The van der Waals surface area contributed by atoms with Crippen molar-refractivity contribution in [3.63, 3.8) is 0 Å². The van der Waals surface area contributed by atoms with Gasteiger partial charge in [0.15, 0.2) is 0 Å². The second-order valence-electron chi connectivity index (χ2n) is 4.92. The number of carbonyl (C=O) groups is 3. The fourth-order valence-electron chi connectivity index (χ4n) is 2.94. The van der Waals surface area contributed by atoms with Crippen molar-refractivity contribution in [3.8, 4) is 0 Å². The lowest BCUT2D eigenvalue weighted by molar-refractivity contribution is -0.154. The molecule has 0 aromatic carbocycles. The third-order valence-electron chi connectivity index (χ3n) is 3.69. The lowest BCUT2D eigenvalue weighted by Gasteiger charge is -2.44. The van der Waals surface area contributed by atoms with Gasteiger partial charge in [-0.3, -0.25) is 19.8 Å². The first-order valence-corrected chi connectivity index (χ1v) is 6.51. The second kappa shape index (κ2) is 4.35. The molecule has 0 aromatic rings. The van der Waals surface area contributed by atoms with Crippen LogP contribution in [0.25, 0.3) is 0 Å². The number of carbonyl (C=O) groups excluding carboxylic acids is 3. The molecule has 0 saturated carbocycles. The summed E-state index contributed by atoms with van der Waals surface area (Å²) in [6.07, 6.45) is -0.397. The smallest absolute Gasteiger partial charge is 0.326 e. The highest BCUT2D eigenvalue weighted by Gasteiger charge is 2.54. The number of hydrogen-bond acceptors (Lipinski definition) is 5. The summed E-state index contributed by atoms with van der Waals surface area (Å²) in [6, 6.07) is -0.911. The Morgan fingerprint density at radius 1 is 1.47 bits per heavy atom. The van der Waals surface area contributed by atoms with E-state index in [2.05, 4.69) is 5.32 Å². The molecule has 7 nitrogen and oxygen atoms in total. The molecule has 2 bridgehead atoms. The largest absolute Gasteiger partial charge is 0.460 e. The van der Waals surface area contributed by atoms with Gasteiger partial charge in [-0.2, -0.15) is 0 Å². The first-order valence-electron chi connectivity index (χ1n) is 6.07. The van der Waals surface area contributed by atoms with E-state index in [4.69, 9.17) is 21.1 Å². The molecule has 19 heavy (non-hydrogen) atoms. The molecule has 5 atom stereocenters. The fourth-order valence-corrected chi connectivity index (χ4v) is 3.22. The predicted molar refractivity (Wildman–Crippen MR) is 62.3 cm³/mol. The first kappa shape index (κ1) is 12.7. The molecule has 0 radical (unpaired) electrons. The molecule has 3 amide bonds. The Bertz CT molecular complexity index is 456. The Kier molecular flexibility index (Phi) is 2.90. The van der Waals surface area contributed by atoms with Gasteiger partial charge in [0, 0.05) is 13.3 Å². The number of fused-ring (bicyclic) bond motifs is 4. The van der Waals surface area contributed by atoms with Crippen molar-refractivity contribution in [1.29, 1.82) is 0 Å². The Morgan fingerprint density at radius 2 is 2.21 bits per heavy atom. The highest BCUT2D eigenvalue weighted by molar-refractivity contribution is 6.33. The average molecular weight is 289 g/mol. The van der Waals surface area contributed by atoms with Gasteiger partial charge in [-0.1, -0.05) is 0 Å². The van der Waals surface area contributed by atoms with Gasteiger partial charge in [0.2, 0.25) is 5.91 Å². The van der Waals surface area contributed by atoms with E-state index >= 15 is 0 Å². The van der Waals surface area contributed by atoms with Crippen molar-refractivity contribution in [1.82, 2.24) is 10.2 Å². The number of nitrogens with zero attached hydrogens (tertiary/aromatic N) is 1. The van der Waals surface area contributed by atoms with Crippen LogP contribution >= 0.6 is 11.6 Å². The quantitative estimate of drug-likeness (QED) is 0.541. The number of nitrogens with one attached hydrogen (secondary N) is 1. The number of urea groups is 1. The maximum atomic E-state index is 11.8. The molecule has 0 aromatic heterocycles. The monoisotopic (exact) mass is 288 g/mol. The molecular formula is C11H13ClN2O5. The van der Waals surface area contributed by atoms with E-state index in [9.17, 15) is 14.4 Å². The zero-order valence-corrected chi connectivity index (χ0v) is 10.9. The number of hydrogen-bond donors (Lipinski definition) is 1. The summed E-state index contributed by atoms with van der Waals surface area (Å²) in [5, 5.41) is 1.39. The minimum Gasteiger partial charge on any atom is -0.460 e. The SMILES string of the molecule is CC(=O)O[C@H]1C[C@H]2O[C@@H]1C[C@@H]1[C@@H](Cl)C(=O)NC(=O)N12. The molecule has 0 spiro atoms. The van der Waals surface area contributed by atoms with E-state index in [0.29, 0.717) is 12.8 Å². The van der Waals surface area contributed by atoms with E-state index < -0.39 is 29.6 Å². The van der Waals surface area contributed by atoms with Crippen LogP contribution in [-0.2, 0) is 19.1 Å². The molecule has 3 saturated heterocycles. The van der Waals surface area contributed by atoms with E-state index in [0.717, 1.165) is 0 Å². The number of halogens is 1. The summed E-state index contributed by atoms with van der Waals surface area (Å²) in [5.74, 6) is -0.875. The van der Waals surface area contributed by atoms with E-state index in [1.165, 1.54) is 11.8 Å². The number of ether oxygens (including phenoxy) is 2. The standard InChI is InChI=1S/C11H13ClN2O5/c1-4(15)18-7-3-8-14-5(2-6(7)19-8)9(12)10(16)13-11(14)17/h5-9H,2-3H2,1H3,(H,13,16,17)/t5-,6-,7+,8-,9-/m1/s1. The van der Waals surface area contributed by atoms with Gasteiger partial charge in [0.1, 0.15) is 17.7 Å². The van der Waals surface area contributed by atoms with E-state index in [1.54, 1.807) is 0 Å². The molecule has 3 aliphatic rings. The Labute approximate surface area is 114 Å². The molecule has 3 rings (SSSR count). The number of esters is 1. The lowest BCUT2D eigenvalue weighted by Crippen LogP contribution is -2.66. The minimum absolute atomic E-state index is 0.310. The average Bonchev–Trinajstić information content (AvgIpc) is 2.62. The van der Waals surface area contributed by atoms with Crippen molar-refractivity contribution >= 4 is 29.5 Å². The van der Waals surface area contributed by atoms with E-state index in [1.807, 2.05) is 0 Å². The summed E-state index contributed by atoms with van der Waals surface area (Å²) in [7, 11) is 0. The van der Waals surface area contributed by atoms with Crippen LogP contribution < -0.4 is 5.32 Å². The van der Waals surface area contributed by atoms with Crippen molar-refractivity contribution in [2.45, 2.75) is 49.6 Å². The summed E-state index contributed by atoms with van der Waals surface area (Å²) in [6.45, 7) is 1.33. The topological polar surface area (TPSA) is 84.9 Å². The Hall–Kier alpha value is -1.34. The molecule has 1 N–H and O–H groups in total. The lowest BCUT2D eigenvalue weighted by atomic mass is 10.0. The Morgan fingerprint density at radius 3 is 2.89 bits per heavy atom. The molecule has 0 aliphatic carbocycles. The van der Waals surface area contributed by atoms with Gasteiger partial charge >= 0.3 is 12.0 Å². The van der Waals surface area contributed by atoms with Crippen LogP contribution in [0.15, 0.2) is 0 Å². The highest BCUT2D eigenvalue weighted by Crippen LogP contribution is 2.39. The highest BCUT2D eigenvalue weighted by atomic mass is 35.5. The van der Waals surface area contributed by atoms with Crippen LogP contribution in [0.3, 0.4) is 0 Å². The van der Waals surface area contributed by atoms with Gasteiger partial charge in [0.25, 0.3) is 0 Å². The molecular weight excluding hydrogens is 276 g/mol. The number of rotatable bonds is 1. The fraction of sp³-hybridized carbons (Fsp3) is 0.727. The molecule has 3 heterocycles. The van der Waals surface area contributed by atoms with Crippen molar-refractivity contribution < 1.29 is 23.9 Å². The third-order valence-corrected chi connectivity index (χ3v) is 4.18. The molecule has 3 fully saturated rings. The van der Waals surface area contributed by atoms with E-state index in [-0.39, 0.29) is 18.2 Å². The zero-order valence-electron chi connectivity index (χ0n) is 10.2. The normalized spacial score (nSPS) is 40.7. The van der Waals surface area contributed by atoms with Crippen LogP contribution in [0.5, 0.6) is 0 Å². The zero-order chi connectivity index (χ0) is 13.7. The number of amides is 3. The summed E-state index contributed by atoms with van der Waals surface area (Å²) < 4.78 is 10.8. The molecule has 104 valence electrons. The number of imide groups is 1. The van der Waals surface area contributed by atoms with Gasteiger partial charge in [-0.05, 0) is 6.42 Å². The van der Waals surface area contributed by atoms with Crippen molar-refractivity contribution in [2.75, 3.05) is 0 Å². The molecule has 8 heteroatoms. The second-order valence-corrected chi connectivity index (χ2v) is 5.39. The van der Waals surface area contributed by atoms with Gasteiger partial charge < -0.3 is 9.47 Å². The third kappa shape index (κ3) is 1.97. The van der Waals surface area contributed by atoms with Crippen LogP contribution in [0.4, 0.5) is 4.79 Å². The van der Waals surface area contributed by atoms with Crippen LogP contribution in [0.1, 0.15) is 19.8 Å². The molecule has 0 unspecified atom stereocenters. The summed E-state index contributed by atoms with van der Waals surface area (Å²) in [5.41, 5.74) is 0. The molecule has 3 aliphatic heterocycles. The van der Waals surface area contributed by atoms with Gasteiger partial charge in [0.05, 0.1) is 12.1 Å². The van der Waals surface area contributed by atoms with Crippen molar-refractivity contribution in [2.24, 2.45) is 0 Å². The summed E-state index contributed by atoms with van der Waals surface area (Å²) in [4.78, 5) is 35.9. The summed E-state index contributed by atoms with van der Waals surface area (Å²) >= 11 is 6.05. The predicted octanol–water partition coefficient (Wildman–Crippen LogP) is -0.0354. The van der Waals surface area contributed by atoms with Crippen LogP contribution in [0, 0.1) is 0 Å². The maximum Gasteiger partial charge on any atom is 0.326 e.